The van der Waals surface area contributed by atoms with Gasteiger partial charge in [-0.15, -0.1) is 0 Å². The summed E-state index contributed by atoms with van der Waals surface area (Å²) in [7, 11) is 3.32. The largest absolute Gasteiger partial charge is 0.467 e. The molecule has 0 bridgehead atoms. The maximum atomic E-state index is 6.10. The van der Waals surface area contributed by atoms with E-state index in [1.165, 1.54) is 29.6 Å². The minimum absolute atomic E-state index is 0.168. The predicted molar refractivity (Wildman–Crippen MR) is 142 cm³/mol. The Bertz CT molecular complexity index is 702. The molecule has 0 N–H and O–H groups in total. The Morgan fingerprint density at radius 2 is 1.40 bits per heavy atom. The van der Waals surface area contributed by atoms with Gasteiger partial charge in [-0.3, -0.25) is 0 Å². The molecule has 0 fully saturated rings. The van der Waals surface area contributed by atoms with Crippen LogP contribution >= 0.6 is 0 Å². The van der Waals surface area contributed by atoms with Gasteiger partial charge in [-0.05, 0) is 70.6 Å². The van der Waals surface area contributed by atoms with E-state index in [2.05, 4.69) is 52.0 Å². The number of unbranched alkanes of at least 4 members (excludes halogenated alkanes) is 2. The van der Waals surface area contributed by atoms with Crippen molar-refractivity contribution in [2.75, 3.05) is 54.2 Å². The summed E-state index contributed by atoms with van der Waals surface area (Å²) in [5.74, 6) is 1.60. The van der Waals surface area contributed by atoms with Crippen LogP contribution in [0.25, 0.3) is 0 Å². The summed E-state index contributed by atoms with van der Waals surface area (Å²) >= 11 is 0. The predicted octanol–water partition coefficient (Wildman–Crippen LogP) is 6.65. The van der Waals surface area contributed by atoms with E-state index in [-0.39, 0.29) is 13.6 Å². The molecule has 0 aliphatic carbocycles. The van der Waals surface area contributed by atoms with Crippen LogP contribution in [0.2, 0.25) is 0 Å². The van der Waals surface area contributed by atoms with Crippen LogP contribution < -0.4 is 9.47 Å². The molecule has 1 rings (SSSR count). The van der Waals surface area contributed by atoms with Gasteiger partial charge in [-0.25, -0.2) is 0 Å². The van der Waals surface area contributed by atoms with Crippen molar-refractivity contribution in [3.05, 3.63) is 46.6 Å². The monoisotopic (exact) mass is 492 g/mol. The zero-order valence-electron chi connectivity index (χ0n) is 23.0. The van der Waals surface area contributed by atoms with E-state index >= 15 is 0 Å². The highest BCUT2D eigenvalue weighted by Gasteiger charge is 2.14. The van der Waals surface area contributed by atoms with Crippen molar-refractivity contribution in [2.24, 2.45) is 0 Å². The lowest BCUT2D eigenvalue weighted by Crippen LogP contribution is -2.11. The van der Waals surface area contributed by atoms with Crippen molar-refractivity contribution in [1.29, 1.82) is 0 Å². The van der Waals surface area contributed by atoms with Crippen LogP contribution in [0.1, 0.15) is 70.9 Å². The molecule has 1 aromatic rings. The van der Waals surface area contributed by atoms with Crippen LogP contribution in [0.5, 0.6) is 11.5 Å². The molecule has 200 valence electrons. The first kappa shape index (κ1) is 31.2. The van der Waals surface area contributed by atoms with E-state index in [1.807, 2.05) is 0 Å². The van der Waals surface area contributed by atoms with Crippen molar-refractivity contribution in [3.63, 3.8) is 0 Å². The molecule has 0 heterocycles. The Balaban J connectivity index is 3.10. The SMILES string of the molecule is CCCCCc1cc(OCOCCOC)c(CC=C(C)CCC=C(C)C)c(OCOCCOC)c1. The number of aryl methyl sites for hydroxylation is 1. The summed E-state index contributed by atoms with van der Waals surface area (Å²) in [6.07, 6.45) is 11.8. The smallest absolute Gasteiger partial charge is 0.189 e. The number of allylic oxidation sites excluding steroid dienone is 4. The van der Waals surface area contributed by atoms with Crippen LogP contribution in [-0.4, -0.2) is 54.2 Å². The van der Waals surface area contributed by atoms with Crippen LogP contribution in [0.3, 0.4) is 0 Å². The number of benzene rings is 1. The highest BCUT2D eigenvalue weighted by molar-refractivity contribution is 5.49. The van der Waals surface area contributed by atoms with Crippen molar-refractivity contribution in [3.8, 4) is 11.5 Å². The van der Waals surface area contributed by atoms with Gasteiger partial charge < -0.3 is 28.4 Å². The highest BCUT2D eigenvalue weighted by atomic mass is 16.7. The maximum Gasteiger partial charge on any atom is 0.189 e. The molecule has 6 heteroatoms. The first-order valence-electron chi connectivity index (χ1n) is 12.9. The Morgan fingerprint density at radius 1 is 0.800 bits per heavy atom. The maximum absolute atomic E-state index is 6.10. The molecule has 0 radical (unpaired) electrons. The normalized spacial score (nSPS) is 11.5. The second kappa shape index (κ2) is 20.3. The fourth-order valence-electron chi connectivity index (χ4n) is 3.44. The number of methoxy groups -OCH3 is 2. The van der Waals surface area contributed by atoms with Crippen LogP contribution in [0, 0.1) is 0 Å². The van der Waals surface area contributed by atoms with Crippen molar-refractivity contribution in [1.82, 2.24) is 0 Å². The lowest BCUT2D eigenvalue weighted by molar-refractivity contribution is -0.0124. The Morgan fingerprint density at radius 3 is 1.91 bits per heavy atom. The van der Waals surface area contributed by atoms with Gasteiger partial charge in [-0.1, -0.05) is 43.1 Å². The van der Waals surface area contributed by atoms with E-state index < -0.39 is 0 Å². The molecule has 0 atom stereocenters. The summed E-state index contributed by atoms with van der Waals surface area (Å²) in [5.41, 5.74) is 4.91. The number of hydrogen-bond donors (Lipinski definition) is 0. The summed E-state index contributed by atoms with van der Waals surface area (Å²) in [5, 5.41) is 0. The fourth-order valence-corrected chi connectivity index (χ4v) is 3.44. The van der Waals surface area contributed by atoms with Gasteiger partial charge in [0.15, 0.2) is 13.6 Å². The number of hydrogen-bond acceptors (Lipinski definition) is 6. The minimum Gasteiger partial charge on any atom is -0.467 e. The Kier molecular flexibility index (Phi) is 18.1. The summed E-state index contributed by atoms with van der Waals surface area (Å²) in [6, 6.07) is 4.27. The Labute approximate surface area is 213 Å². The second-order valence-electron chi connectivity index (χ2n) is 8.93. The van der Waals surface area contributed by atoms with Gasteiger partial charge in [0.1, 0.15) is 11.5 Å². The second-order valence-corrected chi connectivity index (χ2v) is 8.93. The van der Waals surface area contributed by atoms with Gasteiger partial charge in [0.2, 0.25) is 0 Å². The van der Waals surface area contributed by atoms with E-state index in [9.17, 15) is 0 Å². The molecule has 0 amide bonds. The minimum atomic E-state index is 0.168. The van der Waals surface area contributed by atoms with Crippen molar-refractivity contribution < 1.29 is 28.4 Å². The van der Waals surface area contributed by atoms with Gasteiger partial charge in [0, 0.05) is 19.8 Å². The van der Waals surface area contributed by atoms with Crippen LogP contribution in [-0.2, 0) is 31.8 Å². The standard InChI is InChI=1S/C29H48O6/c1-7-8-9-13-26-20-28(34-22-32-18-16-30-5)27(15-14-25(4)12-10-11-24(2)3)29(21-26)35-23-33-19-17-31-6/h11,14,20-21H,7-10,12-13,15-19,22-23H2,1-6H3. The number of rotatable bonds is 21. The summed E-state index contributed by atoms with van der Waals surface area (Å²) in [6.45, 7) is 11.1. The molecule has 0 saturated heterocycles. The quantitative estimate of drug-likeness (QED) is 0.109. The van der Waals surface area contributed by atoms with Crippen molar-refractivity contribution in [2.45, 2.75) is 72.6 Å². The summed E-state index contributed by atoms with van der Waals surface area (Å²) in [4.78, 5) is 0. The molecule has 6 nitrogen and oxygen atoms in total. The lowest BCUT2D eigenvalue weighted by atomic mass is 10.00. The Hall–Kier alpha value is -1.86. The van der Waals surface area contributed by atoms with Gasteiger partial charge in [-0.2, -0.15) is 0 Å². The molecule has 0 aliphatic rings. The van der Waals surface area contributed by atoms with Gasteiger partial charge in [0.05, 0.1) is 26.4 Å². The highest BCUT2D eigenvalue weighted by Crippen LogP contribution is 2.33. The van der Waals surface area contributed by atoms with Crippen LogP contribution in [0.4, 0.5) is 0 Å². The molecule has 35 heavy (non-hydrogen) atoms. The molecular weight excluding hydrogens is 444 g/mol. The third-order valence-corrected chi connectivity index (χ3v) is 5.50. The average Bonchev–Trinajstić information content (AvgIpc) is 2.83. The average molecular weight is 493 g/mol. The first-order valence-corrected chi connectivity index (χ1v) is 12.9. The zero-order chi connectivity index (χ0) is 25.7. The van der Waals surface area contributed by atoms with E-state index in [1.54, 1.807) is 14.2 Å². The molecule has 0 saturated carbocycles. The number of ether oxygens (including phenoxy) is 6. The third-order valence-electron chi connectivity index (χ3n) is 5.50. The molecule has 0 aromatic heterocycles. The molecular formula is C29H48O6. The molecule has 0 unspecified atom stereocenters. The molecule has 0 aliphatic heterocycles. The first-order chi connectivity index (χ1) is 17.0. The molecule has 0 spiro atoms. The van der Waals surface area contributed by atoms with E-state index in [0.717, 1.165) is 49.2 Å². The van der Waals surface area contributed by atoms with Gasteiger partial charge >= 0.3 is 0 Å². The summed E-state index contributed by atoms with van der Waals surface area (Å²) < 4.78 is 33.5. The molecule has 1 aromatic carbocycles. The van der Waals surface area contributed by atoms with E-state index in [0.29, 0.717) is 26.4 Å². The topological polar surface area (TPSA) is 55.4 Å². The van der Waals surface area contributed by atoms with Gasteiger partial charge in [0.25, 0.3) is 0 Å². The lowest BCUT2D eigenvalue weighted by Gasteiger charge is -2.18. The zero-order valence-corrected chi connectivity index (χ0v) is 23.0. The van der Waals surface area contributed by atoms with Crippen molar-refractivity contribution >= 4 is 0 Å². The fraction of sp³-hybridized carbons (Fsp3) is 0.655. The van der Waals surface area contributed by atoms with E-state index in [4.69, 9.17) is 28.4 Å². The van der Waals surface area contributed by atoms with Crippen LogP contribution in [0.15, 0.2) is 35.4 Å². The third kappa shape index (κ3) is 15.0.